The molecule has 2 N–H and O–H groups in total. The first-order chi connectivity index (χ1) is 10.6. The number of hydrogen-bond acceptors (Lipinski definition) is 5. The molecule has 1 aromatic rings. The van der Waals surface area contributed by atoms with Crippen LogP contribution in [0.1, 0.15) is 56.7 Å². The molecule has 0 radical (unpaired) electrons. The Morgan fingerprint density at radius 3 is 2.73 bits per heavy atom. The zero-order valence-corrected chi connectivity index (χ0v) is 14.0. The summed E-state index contributed by atoms with van der Waals surface area (Å²) in [5.41, 5.74) is -0.463. The molecule has 7 heteroatoms. The van der Waals surface area contributed by atoms with Crippen LogP contribution in [0.3, 0.4) is 0 Å². The number of amides is 2. The minimum Gasteiger partial charge on any atom is -0.340 e. The molecule has 22 heavy (non-hydrogen) atoms. The van der Waals surface area contributed by atoms with Crippen LogP contribution in [0.4, 0.5) is 4.79 Å². The number of thioether (sulfide) groups is 1. The highest BCUT2D eigenvalue weighted by Crippen LogP contribution is 2.37. The smallest absolute Gasteiger partial charge is 0.315 e. The normalized spacial score (nSPS) is 27.0. The number of hydrogen-bond donors (Lipinski definition) is 2. The molecule has 1 aromatic heterocycles. The lowest BCUT2D eigenvalue weighted by molar-refractivity contribution is 0.217. The second-order valence-corrected chi connectivity index (χ2v) is 7.41. The van der Waals surface area contributed by atoms with Crippen LogP contribution in [0, 0.1) is 6.92 Å². The maximum absolute atomic E-state index is 12.5. The monoisotopic (exact) mass is 324 g/mol. The second-order valence-electron chi connectivity index (χ2n) is 6.34. The first kappa shape index (κ1) is 15.6. The molecule has 0 unspecified atom stereocenters. The van der Waals surface area contributed by atoms with Gasteiger partial charge in [0.2, 0.25) is 5.89 Å². The SMILES string of the molecule is CS[C@H]1CCC[C@@H]1NC(=O)NC1(c2noc(C)n2)CCCC1. The molecular weight excluding hydrogens is 300 g/mol. The van der Waals surface area contributed by atoms with E-state index in [4.69, 9.17) is 4.52 Å². The fourth-order valence-electron chi connectivity index (χ4n) is 3.67. The third-order valence-corrected chi connectivity index (χ3v) is 6.01. The highest BCUT2D eigenvalue weighted by Gasteiger charge is 2.42. The van der Waals surface area contributed by atoms with Crippen molar-refractivity contribution in [2.24, 2.45) is 0 Å². The number of carbonyl (C=O) groups is 1. The number of nitrogens with one attached hydrogen (secondary N) is 2. The highest BCUT2D eigenvalue weighted by molar-refractivity contribution is 7.99. The van der Waals surface area contributed by atoms with E-state index in [0.29, 0.717) is 17.0 Å². The summed E-state index contributed by atoms with van der Waals surface area (Å²) in [6.07, 6.45) is 9.44. The van der Waals surface area contributed by atoms with E-state index in [1.54, 1.807) is 6.92 Å². The number of aromatic nitrogens is 2. The molecule has 2 saturated carbocycles. The predicted octanol–water partition coefficient (Wildman–Crippen LogP) is 2.73. The van der Waals surface area contributed by atoms with Crippen molar-refractivity contribution < 1.29 is 9.32 Å². The van der Waals surface area contributed by atoms with Crippen LogP contribution in [0.15, 0.2) is 4.52 Å². The summed E-state index contributed by atoms with van der Waals surface area (Å²) in [6, 6.07) is 0.163. The van der Waals surface area contributed by atoms with Gasteiger partial charge in [0.1, 0.15) is 5.54 Å². The lowest BCUT2D eigenvalue weighted by Crippen LogP contribution is -2.52. The summed E-state index contributed by atoms with van der Waals surface area (Å²) in [5.74, 6) is 1.16. The van der Waals surface area contributed by atoms with Gasteiger partial charge in [-0.15, -0.1) is 0 Å². The van der Waals surface area contributed by atoms with Gasteiger partial charge >= 0.3 is 6.03 Å². The summed E-state index contributed by atoms with van der Waals surface area (Å²) < 4.78 is 5.12. The van der Waals surface area contributed by atoms with E-state index in [2.05, 4.69) is 27.0 Å². The molecule has 122 valence electrons. The third kappa shape index (κ3) is 3.09. The molecule has 0 bridgehead atoms. The number of nitrogens with zero attached hydrogens (tertiary/aromatic N) is 2. The Morgan fingerprint density at radius 1 is 1.32 bits per heavy atom. The van der Waals surface area contributed by atoms with Gasteiger partial charge in [0.05, 0.1) is 0 Å². The molecule has 0 spiro atoms. The van der Waals surface area contributed by atoms with Gasteiger partial charge in [-0.2, -0.15) is 16.7 Å². The van der Waals surface area contributed by atoms with Crippen molar-refractivity contribution >= 4 is 17.8 Å². The molecule has 0 aromatic carbocycles. The molecule has 2 fully saturated rings. The summed E-state index contributed by atoms with van der Waals surface area (Å²) >= 11 is 1.84. The van der Waals surface area contributed by atoms with Crippen molar-refractivity contribution in [1.29, 1.82) is 0 Å². The van der Waals surface area contributed by atoms with Crippen LogP contribution in [0.5, 0.6) is 0 Å². The number of rotatable bonds is 4. The maximum Gasteiger partial charge on any atom is 0.315 e. The van der Waals surface area contributed by atoms with Crippen molar-refractivity contribution in [3.8, 4) is 0 Å². The Bertz CT molecular complexity index is 527. The number of carbonyl (C=O) groups excluding carboxylic acids is 1. The molecule has 1 heterocycles. The van der Waals surface area contributed by atoms with E-state index >= 15 is 0 Å². The molecule has 2 aliphatic carbocycles. The van der Waals surface area contributed by atoms with E-state index < -0.39 is 5.54 Å². The molecule has 6 nitrogen and oxygen atoms in total. The topological polar surface area (TPSA) is 80.0 Å². The van der Waals surface area contributed by atoms with Crippen molar-refractivity contribution in [3.05, 3.63) is 11.7 Å². The molecule has 3 rings (SSSR count). The van der Waals surface area contributed by atoms with Gasteiger partial charge in [-0.05, 0) is 31.9 Å². The Labute approximate surface area is 135 Å². The van der Waals surface area contributed by atoms with E-state index in [0.717, 1.165) is 32.1 Å². The Hall–Kier alpha value is -1.24. The molecule has 2 atom stereocenters. The van der Waals surface area contributed by atoms with Gasteiger partial charge < -0.3 is 15.2 Å². The Morgan fingerprint density at radius 2 is 2.09 bits per heavy atom. The zero-order chi connectivity index (χ0) is 15.6. The van der Waals surface area contributed by atoms with Crippen LogP contribution < -0.4 is 10.6 Å². The standard InChI is InChI=1S/C15H24N4O2S/c1-10-16-13(19-21-10)15(8-3-4-9-15)18-14(20)17-11-6-5-7-12(11)22-2/h11-12H,3-9H2,1-2H3,(H2,17,18,20)/t11-,12-/m0/s1. The first-order valence-electron chi connectivity index (χ1n) is 8.05. The first-order valence-corrected chi connectivity index (χ1v) is 9.34. The number of aryl methyl sites for hydroxylation is 1. The Balaban J connectivity index is 1.67. The summed E-state index contributed by atoms with van der Waals surface area (Å²) in [5, 5.41) is 10.9. The van der Waals surface area contributed by atoms with Crippen LogP contribution in [-0.2, 0) is 5.54 Å². The van der Waals surface area contributed by atoms with Crippen LogP contribution >= 0.6 is 11.8 Å². The molecule has 0 aliphatic heterocycles. The summed E-state index contributed by atoms with van der Waals surface area (Å²) in [4.78, 5) is 16.8. The summed E-state index contributed by atoms with van der Waals surface area (Å²) in [6.45, 7) is 1.78. The van der Waals surface area contributed by atoms with Crippen molar-refractivity contribution in [1.82, 2.24) is 20.8 Å². The van der Waals surface area contributed by atoms with Gasteiger partial charge in [-0.3, -0.25) is 0 Å². The third-order valence-electron chi connectivity index (χ3n) is 4.84. The van der Waals surface area contributed by atoms with Crippen LogP contribution in [-0.4, -0.2) is 33.7 Å². The van der Waals surface area contributed by atoms with Gasteiger partial charge in [-0.25, -0.2) is 4.79 Å². The van der Waals surface area contributed by atoms with Crippen molar-refractivity contribution in [2.75, 3.05) is 6.26 Å². The highest BCUT2D eigenvalue weighted by atomic mass is 32.2. The quantitative estimate of drug-likeness (QED) is 0.890. The zero-order valence-electron chi connectivity index (χ0n) is 13.2. The average Bonchev–Trinajstić information content (AvgIpc) is 3.20. The van der Waals surface area contributed by atoms with Crippen molar-refractivity contribution in [2.45, 2.75) is 68.7 Å². The van der Waals surface area contributed by atoms with Gasteiger partial charge in [0.25, 0.3) is 0 Å². The molecule has 0 saturated heterocycles. The summed E-state index contributed by atoms with van der Waals surface area (Å²) in [7, 11) is 0. The van der Waals surface area contributed by atoms with Gasteiger partial charge in [0, 0.05) is 18.2 Å². The van der Waals surface area contributed by atoms with Crippen molar-refractivity contribution in [3.63, 3.8) is 0 Å². The fraction of sp³-hybridized carbons (Fsp3) is 0.800. The molecular formula is C15H24N4O2S. The van der Waals surface area contributed by atoms with Crippen LogP contribution in [0.25, 0.3) is 0 Å². The largest absolute Gasteiger partial charge is 0.340 e. The van der Waals surface area contributed by atoms with E-state index in [1.807, 2.05) is 11.8 Å². The fourth-order valence-corrected chi connectivity index (χ4v) is 4.61. The second kappa shape index (κ2) is 6.48. The molecule has 2 amide bonds. The molecule has 2 aliphatic rings. The van der Waals surface area contributed by atoms with E-state index in [1.165, 1.54) is 12.8 Å². The average molecular weight is 324 g/mol. The van der Waals surface area contributed by atoms with E-state index in [9.17, 15) is 4.79 Å². The minimum absolute atomic E-state index is 0.102. The maximum atomic E-state index is 12.5. The lowest BCUT2D eigenvalue weighted by Gasteiger charge is -2.28. The van der Waals surface area contributed by atoms with E-state index in [-0.39, 0.29) is 12.1 Å². The van der Waals surface area contributed by atoms with Gasteiger partial charge in [0.15, 0.2) is 5.82 Å². The predicted molar refractivity (Wildman–Crippen MR) is 85.8 cm³/mol. The Kier molecular flexibility index (Phi) is 4.61. The minimum atomic E-state index is -0.463. The number of urea groups is 1. The lowest BCUT2D eigenvalue weighted by atomic mass is 9.97. The van der Waals surface area contributed by atoms with Gasteiger partial charge in [-0.1, -0.05) is 24.4 Å². The van der Waals surface area contributed by atoms with Crippen LogP contribution in [0.2, 0.25) is 0 Å².